The van der Waals surface area contributed by atoms with Gasteiger partial charge < -0.3 is 10.6 Å². The highest BCUT2D eigenvalue weighted by molar-refractivity contribution is 5.81. The van der Waals surface area contributed by atoms with E-state index in [9.17, 15) is 4.79 Å². The molecule has 14 heavy (non-hydrogen) atoms. The molecule has 0 aliphatic heterocycles. The predicted octanol–water partition coefficient (Wildman–Crippen LogP) is 1.29. The molecule has 82 valence electrons. The Labute approximate surface area is 86.6 Å². The van der Waals surface area contributed by atoms with Gasteiger partial charge in [-0.05, 0) is 32.7 Å². The molecule has 1 atom stereocenters. The molecule has 3 heteroatoms. The summed E-state index contributed by atoms with van der Waals surface area (Å²) in [7, 11) is 1.81. The Bertz CT molecular complexity index is 176. The van der Waals surface area contributed by atoms with Crippen molar-refractivity contribution < 1.29 is 4.79 Å². The minimum Gasteiger partial charge on any atom is -0.354 e. The van der Waals surface area contributed by atoms with Crippen molar-refractivity contribution in [1.29, 1.82) is 0 Å². The SMILES string of the molecule is CNC(C)C(=O)NCC1CCCCC1. The molecule has 0 heterocycles. The highest BCUT2D eigenvalue weighted by Gasteiger charge is 2.15. The molecule has 0 aromatic carbocycles. The van der Waals surface area contributed by atoms with Crippen molar-refractivity contribution in [2.75, 3.05) is 13.6 Å². The monoisotopic (exact) mass is 198 g/mol. The standard InChI is InChI=1S/C11H22N2O/c1-9(12-2)11(14)13-8-10-6-4-3-5-7-10/h9-10,12H,3-8H2,1-2H3,(H,13,14). The minimum absolute atomic E-state index is 0.0707. The summed E-state index contributed by atoms with van der Waals surface area (Å²) in [6, 6.07) is -0.0707. The molecule has 1 aliphatic carbocycles. The van der Waals surface area contributed by atoms with Gasteiger partial charge in [0.15, 0.2) is 0 Å². The lowest BCUT2D eigenvalue weighted by Crippen LogP contribution is -2.42. The largest absolute Gasteiger partial charge is 0.354 e. The number of hydrogen-bond donors (Lipinski definition) is 2. The molecule has 1 fully saturated rings. The van der Waals surface area contributed by atoms with Crippen LogP contribution in [0.4, 0.5) is 0 Å². The molecule has 1 rings (SSSR count). The first-order chi connectivity index (χ1) is 6.74. The molecule has 0 bridgehead atoms. The molecule has 1 saturated carbocycles. The van der Waals surface area contributed by atoms with Crippen molar-refractivity contribution in [1.82, 2.24) is 10.6 Å². The molecule has 0 radical (unpaired) electrons. The number of rotatable bonds is 4. The zero-order valence-corrected chi connectivity index (χ0v) is 9.31. The van der Waals surface area contributed by atoms with Crippen LogP contribution in [0, 0.1) is 5.92 Å². The summed E-state index contributed by atoms with van der Waals surface area (Å²) in [4.78, 5) is 11.4. The van der Waals surface area contributed by atoms with E-state index in [1.54, 1.807) is 0 Å². The summed E-state index contributed by atoms with van der Waals surface area (Å²) in [6.07, 6.45) is 6.62. The summed E-state index contributed by atoms with van der Waals surface area (Å²) in [5.41, 5.74) is 0. The zero-order chi connectivity index (χ0) is 10.4. The number of nitrogens with one attached hydrogen (secondary N) is 2. The third kappa shape index (κ3) is 3.66. The third-order valence-corrected chi connectivity index (χ3v) is 3.12. The van der Waals surface area contributed by atoms with Gasteiger partial charge in [-0.3, -0.25) is 4.79 Å². The van der Waals surface area contributed by atoms with Crippen molar-refractivity contribution in [2.24, 2.45) is 5.92 Å². The van der Waals surface area contributed by atoms with Crippen LogP contribution in [0.15, 0.2) is 0 Å². The first-order valence-electron chi connectivity index (χ1n) is 5.69. The van der Waals surface area contributed by atoms with Crippen molar-refractivity contribution in [3.05, 3.63) is 0 Å². The van der Waals surface area contributed by atoms with Gasteiger partial charge >= 0.3 is 0 Å². The Kier molecular flexibility index (Phi) is 4.94. The lowest BCUT2D eigenvalue weighted by atomic mass is 9.89. The molecule has 2 N–H and O–H groups in total. The second-order valence-corrected chi connectivity index (χ2v) is 4.26. The highest BCUT2D eigenvalue weighted by atomic mass is 16.2. The first kappa shape index (κ1) is 11.5. The smallest absolute Gasteiger partial charge is 0.236 e. The molecular formula is C11H22N2O. The van der Waals surface area contributed by atoms with E-state index in [0.29, 0.717) is 0 Å². The van der Waals surface area contributed by atoms with Gasteiger partial charge in [-0.2, -0.15) is 0 Å². The van der Waals surface area contributed by atoms with Crippen molar-refractivity contribution >= 4 is 5.91 Å². The van der Waals surface area contributed by atoms with Crippen LogP contribution in [-0.4, -0.2) is 25.5 Å². The molecule has 0 aromatic rings. The maximum Gasteiger partial charge on any atom is 0.236 e. The van der Waals surface area contributed by atoms with Crippen LogP contribution in [0.2, 0.25) is 0 Å². The summed E-state index contributed by atoms with van der Waals surface area (Å²) in [5.74, 6) is 0.842. The van der Waals surface area contributed by atoms with E-state index in [1.165, 1.54) is 32.1 Å². The quantitative estimate of drug-likeness (QED) is 0.714. The third-order valence-electron chi connectivity index (χ3n) is 3.12. The lowest BCUT2D eigenvalue weighted by Gasteiger charge is -2.22. The van der Waals surface area contributed by atoms with E-state index in [4.69, 9.17) is 0 Å². The molecule has 0 aromatic heterocycles. The van der Waals surface area contributed by atoms with Gasteiger partial charge in [-0.1, -0.05) is 19.3 Å². The molecule has 1 amide bonds. The number of carbonyl (C=O) groups excluding carboxylic acids is 1. The van der Waals surface area contributed by atoms with Crippen LogP contribution < -0.4 is 10.6 Å². The zero-order valence-electron chi connectivity index (χ0n) is 9.31. The maximum atomic E-state index is 11.4. The predicted molar refractivity (Wildman–Crippen MR) is 58.1 cm³/mol. The lowest BCUT2D eigenvalue weighted by molar-refractivity contribution is -0.122. The average molecular weight is 198 g/mol. The summed E-state index contributed by atoms with van der Waals surface area (Å²) in [6.45, 7) is 2.75. The van der Waals surface area contributed by atoms with Crippen LogP contribution in [0.5, 0.6) is 0 Å². The van der Waals surface area contributed by atoms with Gasteiger partial charge in [0.1, 0.15) is 0 Å². The van der Waals surface area contributed by atoms with Crippen LogP contribution in [0.25, 0.3) is 0 Å². The van der Waals surface area contributed by atoms with E-state index in [2.05, 4.69) is 10.6 Å². The van der Waals surface area contributed by atoms with E-state index >= 15 is 0 Å². The normalized spacial score (nSPS) is 20.4. The van der Waals surface area contributed by atoms with Gasteiger partial charge in [0.2, 0.25) is 5.91 Å². The molecule has 1 unspecified atom stereocenters. The van der Waals surface area contributed by atoms with Crippen LogP contribution >= 0.6 is 0 Å². The van der Waals surface area contributed by atoms with Crippen molar-refractivity contribution in [3.8, 4) is 0 Å². The number of likely N-dealkylation sites (N-methyl/N-ethyl adjacent to an activating group) is 1. The highest BCUT2D eigenvalue weighted by Crippen LogP contribution is 2.22. The molecule has 0 saturated heterocycles. The van der Waals surface area contributed by atoms with E-state index < -0.39 is 0 Å². The Hall–Kier alpha value is -0.570. The second-order valence-electron chi connectivity index (χ2n) is 4.26. The molecule has 1 aliphatic rings. The van der Waals surface area contributed by atoms with Gasteiger partial charge in [-0.15, -0.1) is 0 Å². The van der Waals surface area contributed by atoms with Gasteiger partial charge in [0.05, 0.1) is 6.04 Å². The van der Waals surface area contributed by atoms with Gasteiger partial charge in [0.25, 0.3) is 0 Å². The average Bonchev–Trinajstić information content (AvgIpc) is 2.26. The van der Waals surface area contributed by atoms with Crippen molar-refractivity contribution in [3.63, 3.8) is 0 Å². The Balaban J connectivity index is 2.15. The Morgan fingerprint density at radius 2 is 2.00 bits per heavy atom. The minimum atomic E-state index is -0.0707. The second kappa shape index (κ2) is 6.02. The molecular weight excluding hydrogens is 176 g/mol. The topological polar surface area (TPSA) is 41.1 Å². The number of carbonyl (C=O) groups is 1. The summed E-state index contributed by atoms with van der Waals surface area (Å²) in [5, 5.41) is 5.94. The maximum absolute atomic E-state index is 11.4. The number of amides is 1. The fourth-order valence-electron chi connectivity index (χ4n) is 1.92. The van der Waals surface area contributed by atoms with Crippen LogP contribution in [-0.2, 0) is 4.79 Å². The summed E-state index contributed by atoms with van der Waals surface area (Å²) < 4.78 is 0. The van der Waals surface area contributed by atoms with Gasteiger partial charge in [0, 0.05) is 6.54 Å². The first-order valence-corrected chi connectivity index (χ1v) is 5.69. The number of hydrogen-bond acceptors (Lipinski definition) is 2. The molecule has 3 nitrogen and oxygen atoms in total. The fraction of sp³-hybridized carbons (Fsp3) is 0.909. The summed E-state index contributed by atoms with van der Waals surface area (Å²) >= 11 is 0. The van der Waals surface area contributed by atoms with E-state index in [0.717, 1.165) is 12.5 Å². The Morgan fingerprint density at radius 3 is 2.57 bits per heavy atom. The van der Waals surface area contributed by atoms with Crippen LogP contribution in [0.1, 0.15) is 39.0 Å². The Morgan fingerprint density at radius 1 is 1.36 bits per heavy atom. The van der Waals surface area contributed by atoms with Gasteiger partial charge in [-0.25, -0.2) is 0 Å². The van der Waals surface area contributed by atoms with E-state index in [-0.39, 0.29) is 11.9 Å². The molecule has 0 spiro atoms. The van der Waals surface area contributed by atoms with Crippen LogP contribution in [0.3, 0.4) is 0 Å². The fourth-order valence-corrected chi connectivity index (χ4v) is 1.92. The van der Waals surface area contributed by atoms with E-state index in [1.807, 2.05) is 14.0 Å². The van der Waals surface area contributed by atoms with Crippen molar-refractivity contribution in [2.45, 2.75) is 45.1 Å².